The van der Waals surface area contributed by atoms with Gasteiger partial charge in [0.05, 0.1) is 28.4 Å². The van der Waals surface area contributed by atoms with Crippen molar-refractivity contribution in [2.75, 3.05) is 6.61 Å². The van der Waals surface area contributed by atoms with E-state index in [0.29, 0.717) is 22.7 Å². The van der Waals surface area contributed by atoms with Crippen LogP contribution in [0.5, 0.6) is 0 Å². The monoisotopic (exact) mass is 395 g/mol. The predicted octanol–water partition coefficient (Wildman–Crippen LogP) is 6.99. The topological polar surface area (TPSA) is 39.2 Å². The third kappa shape index (κ3) is 4.90. The molecule has 3 aromatic rings. The lowest BCUT2D eigenvalue weighted by Gasteiger charge is -2.11. The van der Waals surface area contributed by atoms with Crippen LogP contribution in [0.3, 0.4) is 0 Å². The summed E-state index contributed by atoms with van der Waals surface area (Å²) in [6.45, 7) is 4.66. The Morgan fingerprint density at radius 3 is 2.54 bits per heavy atom. The largest absolute Gasteiger partial charge is 0.462 e. The molecule has 0 unspecified atom stereocenters. The van der Waals surface area contributed by atoms with Crippen LogP contribution in [0, 0.1) is 6.92 Å². The number of halogens is 1. The van der Waals surface area contributed by atoms with Crippen molar-refractivity contribution in [3.63, 3.8) is 0 Å². The van der Waals surface area contributed by atoms with E-state index in [4.69, 9.17) is 21.3 Å². The molecule has 0 N–H and O–H groups in total. The quantitative estimate of drug-likeness (QED) is 0.304. The lowest BCUT2D eigenvalue weighted by molar-refractivity contribution is 0.0500. The molecule has 0 fully saturated rings. The number of hydrogen-bond donors (Lipinski definition) is 0. The number of esters is 1. The molecule has 0 atom stereocenters. The number of carbonyl (C=O) groups is 1. The fourth-order valence-electron chi connectivity index (χ4n) is 3.20. The van der Waals surface area contributed by atoms with Crippen LogP contribution in [-0.2, 0) is 4.74 Å². The molecule has 0 radical (unpaired) electrons. The van der Waals surface area contributed by atoms with Crippen LogP contribution in [0.25, 0.3) is 22.2 Å². The first-order valence-corrected chi connectivity index (χ1v) is 10.3. The van der Waals surface area contributed by atoms with E-state index >= 15 is 0 Å². The molecule has 0 aliphatic rings. The second-order valence-electron chi connectivity index (χ2n) is 7.11. The van der Waals surface area contributed by atoms with Gasteiger partial charge >= 0.3 is 5.97 Å². The lowest BCUT2D eigenvalue weighted by Crippen LogP contribution is -2.08. The zero-order valence-electron chi connectivity index (χ0n) is 16.5. The number of para-hydroxylation sites is 1. The molecule has 3 nitrogen and oxygen atoms in total. The SMILES string of the molecule is CCCCCCCOC(=O)c1cc(-c2ccc(C)cc2)nc2c(Cl)cccc12. The molecule has 0 amide bonds. The van der Waals surface area contributed by atoms with E-state index in [1.807, 2.05) is 49.4 Å². The molecule has 28 heavy (non-hydrogen) atoms. The van der Waals surface area contributed by atoms with Crippen molar-refractivity contribution in [2.45, 2.75) is 46.0 Å². The van der Waals surface area contributed by atoms with Crippen molar-refractivity contribution in [3.8, 4) is 11.3 Å². The number of fused-ring (bicyclic) bond motifs is 1. The van der Waals surface area contributed by atoms with E-state index in [0.717, 1.165) is 29.5 Å². The van der Waals surface area contributed by atoms with Gasteiger partial charge in [-0.25, -0.2) is 9.78 Å². The Kier molecular flexibility index (Phi) is 7.05. The number of nitrogens with zero attached hydrogens (tertiary/aromatic N) is 1. The summed E-state index contributed by atoms with van der Waals surface area (Å²) in [4.78, 5) is 17.5. The highest BCUT2D eigenvalue weighted by Gasteiger charge is 2.16. The second kappa shape index (κ2) is 9.70. The average Bonchev–Trinajstić information content (AvgIpc) is 2.70. The fourth-order valence-corrected chi connectivity index (χ4v) is 3.42. The third-order valence-corrected chi connectivity index (χ3v) is 5.14. The number of rotatable bonds is 8. The maximum atomic E-state index is 12.8. The number of pyridine rings is 1. The van der Waals surface area contributed by atoms with Gasteiger partial charge in [-0.1, -0.05) is 86.2 Å². The molecule has 1 aromatic heterocycles. The van der Waals surface area contributed by atoms with Gasteiger partial charge in [0.15, 0.2) is 0 Å². The Morgan fingerprint density at radius 2 is 1.79 bits per heavy atom. The zero-order chi connectivity index (χ0) is 19.9. The van der Waals surface area contributed by atoms with Crippen molar-refractivity contribution >= 4 is 28.5 Å². The molecular weight excluding hydrogens is 370 g/mol. The molecule has 0 aliphatic carbocycles. The van der Waals surface area contributed by atoms with Gasteiger partial charge in [-0.15, -0.1) is 0 Å². The minimum atomic E-state index is -0.321. The van der Waals surface area contributed by atoms with E-state index < -0.39 is 0 Å². The highest BCUT2D eigenvalue weighted by Crippen LogP contribution is 2.29. The van der Waals surface area contributed by atoms with Crippen LogP contribution in [0.15, 0.2) is 48.5 Å². The van der Waals surface area contributed by atoms with Crippen LogP contribution < -0.4 is 0 Å². The van der Waals surface area contributed by atoms with Crippen LogP contribution in [0.1, 0.15) is 54.9 Å². The van der Waals surface area contributed by atoms with E-state index in [2.05, 4.69) is 6.92 Å². The number of unbranched alkanes of at least 4 members (excludes halogenated alkanes) is 4. The van der Waals surface area contributed by atoms with Gasteiger partial charge < -0.3 is 4.74 Å². The van der Waals surface area contributed by atoms with E-state index in [9.17, 15) is 4.79 Å². The van der Waals surface area contributed by atoms with Crippen LogP contribution >= 0.6 is 11.6 Å². The summed E-state index contributed by atoms with van der Waals surface area (Å²) in [7, 11) is 0. The number of benzene rings is 2. The number of hydrogen-bond acceptors (Lipinski definition) is 3. The van der Waals surface area contributed by atoms with Gasteiger partial charge in [-0.05, 0) is 25.5 Å². The van der Waals surface area contributed by atoms with Gasteiger partial charge in [0.25, 0.3) is 0 Å². The number of aromatic nitrogens is 1. The maximum Gasteiger partial charge on any atom is 0.338 e. The third-order valence-electron chi connectivity index (χ3n) is 4.84. The zero-order valence-corrected chi connectivity index (χ0v) is 17.3. The molecular formula is C24H26ClNO2. The van der Waals surface area contributed by atoms with E-state index in [1.54, 1.807) is 6.07 Å². The summed E-state index contributed by atoms with van der Waals surface area (Å²) >= 11 is 6.38. The minimum Gasteiger partial charge on any atom is -0.462 e. The summed E-state index contributed by atoms with van der Waals surface area (Å²) in [6, 6.07) is 15.4. The number of carbonyl (C=O) groups excluding carboxylic acids is 1. The summed E-state index contributed by atoms with van der Waals surface area (Å²) < 4.78 is 5.56. The van der Waals surface area contributed by atoms with Gasteiger partial charge in [0.2, 0.25) is 0 Å². The first kappa shape index (κ1) is 20.3. The minimum absolute atomic E-state index is 0.321. The van der Waals surface area contributed by atoms with Crippen molar-refractivity contribution < 1.29 is 9.53 Å². The van der Waals surface area contributed by atoms with E-state index in [-0.39, 0.29) is 5.97 Å². The standard InChI is InChI=1S/C24H26ClNO2/c1-3-4-5-6-7-15-28-24(27)20-16-22(18-13-11-17(2)12-14-18)26-23-19(20)9-8-10-21(23)25/h8-14,16H,3-7,15H2,1-2H3. The van der Waals surface area contributed by atoms with Crippen molar-refractivity contribution in [1.82, 2.24) is 4.98 Å². The molecule has 0 saturated heterocycles. The molecule has 2 aromatic carbocycles. The Labute approximate surface area is 171 Å². The number of aryl methyl sites for hydroxylation is 1. The maximum absolute atomic E-state index is 12.8. The molecule has 0 saturated carbocycles. The van der Waals surface area contributed by atoms with Crippen LogP contribution in [0.2, 0.25) is 5.02 Å². The van der Waals surface area contributed by atoms with Crippen molar-refractivity contribution in [1.29, 1.82) is 0 Å². The van der Waals surface area contributed by atoms with Gasteiger partial charge in [0.1, 0.15) is 0 Å². The molecule has 146 valence electrons. The molecule has 1 heterocycles. The van der Waals surface area contributed by atoms with Crippen molar-refractivity contribution in [3.05, 3.63) is 64.7 Å². The Balaban J connectivity index is 1.88. The molecule has 0 aliphatic heterocycles. The summed E-state index contributed by atoms with van der Waals surface area (Å²) in [5, 5.41) is 1.25. The number of ether oxygens (including phenoxy) is 1. The van der Waals surface area contributed by atoms with Gasteiger partial charge in [0, 0.05) is 10.9 Å². The van der Waals surface area contributed by atoms with Crippen LogP contribution in [-0.4, -0.2) is 17.6 Å². The molecule has 4 heteroatoms. The first-order valence-electron chi connectivity index (χ1n) is 9.93. The Bertz CT molecular complexity index is 951. The normalized spacial score (nSPS) is 11.0. The van der Waals surface area contributed by atoms with Gasteiger partial charge in [-0.3, -0.25) is 0 Å². The highest BCUT2D eigenvalue weighted by atomic mass is 35.5. The molecule has 0 bridgehead atoms. The average molecular weight is 396 g/mol. The fraction of sp³-hybridized carbons (Fsp3) is 0.333. The summed E-state index contributed by atoms with van der Waals surface area (Å²) in [6.07, 6.45) is 5.57. The van der Waals surface area contributed by atoms with E-state index in [1.165, 1.54) is 24.8 Å². The van der Waals surface area contributed by atoms with Crippen molar-refractivity contribution in [2.24, 2.45) is 0 Å². The van der Waals surface area contributed by atoms with Gasteiger partial charge in [-0.2, -0.15) is 0 Å². The smallest absolute Gasteiger partial charge is 0.338 e. The van der Waals surface area contributed by atoms with Crippen LogP contribution in [0.4, 0.5) is 0 Å². The first-order chi connectivity index (χ1) is 13.6. The highest BCUT2D eigenvalue weighted by molar-refractivity contribution is 6.35. The lowest BCUT2D eigenvalue weighted by atomic mass is 10.0. The second-order valence-corrected chi connectivity index (χ2v) is 7.51. The summed E-state index contributed by atoms with van der Waals surface area (Å²) in [5.41, 5.74) is 3.97. The predicted molar refractivity (Wildman–Crippen MR) is 116 cm³/mol. The Hall–Kier alpha value is -2.39. The summed E-state index contributed by atoms with van der Waals surface area (Å²) in [5.74, 6) is -0.321. The Morgan fingerprint density at radius 1 is 1.04 bits per heavy atom. The molecule has 3 rings (SSSR count). The molecule has 0 spiro atoms.